The standard InChI is InChI=1S/C19H20F3N3O3/c1-25(12-17(26)23-11-14-5-3-2-4-6-14)13-18(27)24-15-7-9-16(10-8-15)28-19(20,21)22/h2-10H,11-13H2,1H3,(H,23,26)(H,24,27)/p+1. The summed E-state index contributed by atoms with van der Waals surface area (Å²) in [5, 5.41) is 5.35. The predicted octanol–water partition coefficient (Wildman–Crippen LogP) is 1.35. The number of likely N-dealkylation sites (N-methyl/N-ethyl adjacent to an activating group) is 1. The van der Waals surface area contributed by atoms with E-state index in [4.69, 9.17) is 0 Å². The smallest absolute Gasteiger partial charge is 0.406 e. The maximum Gasteiger partial charge on any atom is 0.573 e. The summed E-state index contributed by atoms with van der Waals surface area (Å²) in [5.74, 6) is -0.927. The molecule has 150 valence electrons. The zero-order valence-electron chi connectivity index (χ0n) is 15.2. The number of benzene rings is 2. The molecule has 0 aliphatic heterocycles. The Hall–Kier alpha value is -3.07. The van der Waals surface area contributed by atoms with Crippen LogP contribution in [0.1, 0.15) is 5.56 Å². The first-order chi connectivity index (χ1) is 13.2. The van der Waals surface area contributed by atoms with Crippen molar-refractivity contribution < 1.29 is 32.4 Å². The monoisotopic (exact) mass is 396 g/mol. The molecule has 0 aliphatic carbocycles. The van der Waals surface area contributed by atoms with Gasteiger partial charge in [-0.3, -0.25) is 9.59 Å². The Kier molecular flexibility index (Phi) is 7.39. The lowest BCUT2D eigenvalue weighted by atomic mass is 10.2. The second-order valence-corrected chi connectivity index (χ2v) is 6.19. The van der Waals surface area contributed by atoms with Gasteiger partial charge < -0.3 is 20.3 Å². The van der Waals surface area contributed by atoms with Crippen molar-refractivity contribution in [1.82, 2.24) is 5.32 Å². The minimum absolute atomic E-state index is 0.0273. The van der Waals surface area contributed by atoms with Gasteiger partial charge in [0.15, 0.2) is 13.1 Å². The molecule has 9 heteroatoms. The van der Waals surface area contributed by atoms with Gasteiger partial charge in [-0.15, -0.1) is 13.2 Å². The summed E-state index contributed by atoms with van der Waals surface area (Å²) in [6.45, 7) is 0.545. The van der Waals surface area contributed by atoms with Crippen LogP contribution in [0.4, 0.5) is 18.9 Å². The Balaban J connectivity index is 1.73. The van der Waals surface area contributed by atoms with Crippen LogP contribution >= 0.6 is 0 Å². The van der Waals surface area contributed by atoms with Crippen LogP contribution in [0.5, 0.6) is 5.75 Å². The van der Waals surface area contributed by atoms with E-state index < -0.39 is 6.36 Å². The molecule has 0 aliphatic rings. The first kappa shape index (κ1) is 21.2. The summed E-state index contributed by atoms with van der Waals surface area (Å²) in [5.41, 5.74) is 1.31. The van der Waals surface area contributed by atoms with Crippen LogP contribution in [-0.4, -0.2) is 38.3 Å². The Morgan fingerprint density at radius 1 is 0.964 bits per heavy atom. The lowest BCUT2D eigenvalue weighted by Gasteiger charge is -2.14. The van der Waals surface area contributed by atoms with Crippen molar-refractivity contribution >= 4 is 17.5 Å². The van der Waals surface area contributed by atoms with E-state index in [0.717, 1.165) is 17.7 Å². The van der Waals surface area contributed by atoms with Crippen molar-refractivity contribution in [2.75, 3.05) is 25.5 Å². The maximum absolute atomic E-state index is 12.1. The van der Waals surface area contributed by atoms with E-state index in [0.29, 0.717) is 17.1 Å². The van der Waals surface area contributed by atoms with Gasteiger partial charge >= 0.3 is 6.36 Å². The average molecular weight is 396 g/mol. The number of nitrogens with one attached hydrogen (secondary N) is 3. The van der Waals surface area contributed by atoms with Gasteiger partial charge in [-0.05, 0) is 29.8 Å². The molecule has 1 unspecified atom stereocenters. The Morgan fingerprint density at radius 2 is 1.57 bits per heavy atom. The molecule has 0 heterocycles. The van der Waals surface area contributed by atoms with Crippen LogP contribution in [-0.2, 0) is 16.1 Å². The first-order valence-corrected chi connectivity index (χ1v) is 8.49. The highest BCUT2D eigenvalue weighted by Gasteiger charge is 2.31. The van der Waals surface area contributed by atoms with Crippen molar-refractivity contribution in [2.24, 2.45) is 0 Å². The maximum atomic E-state index is 12.1. The van der Waals surface area contributed by atoms with Crippen molar-refractivity contribution in [3.8, 4) is 5.75 Å². The predicted molar refractivity (Wildman–Crippen MR) is 96.7 cm³/mol. The normalized spacial score (nSPS) is 12.1. The van der Waals surface area contributed by atoms with Gasteiger partial charge in [0.1, 0.15) is 5.75 Å². The van der Waals surface area contributed by atoms with Gasteiger partial charge in [0.05, 0.1) is 7.05 Å². The zero-order valence-corrected chi connectivity index (χ0v) is 15.2. The fourth-order valence-electron chi connectivity index (χ4n) is 2.41. The second-order valence-electron chi connectivity index (χ2n) is 6.19. The third-order valence-corrected chi connectivity index (χ3v) is 3.63. The van der Waals surface area contributed by atoms with Crippen molar-refractivity contribution in [3.05, 3.63) is 60.2 Å². The quantitative estimate of drug-likeness (QED) is 0.631. The van der Waals surface area contributed by atoms with E-state index in [-0.39, 0.29) is 30.7 Å². The van der Waals surface area contributed by atoms with Gasteiger partial charge in [0, 0.05) is 12.2 Å². The third kappa shape index (κ3) is 8.09. The molecule has 0 bridgehead atoms. The van der Waals surface area contributed by atoms with Crippen molar-refractivity contribution in [2.45, 2.75) is 12.9 Å². The second kappa shape index (κ2) is 9.75. The van der Waals surface area contributed by atoms with Gasteiger partial charge in [-0.25, -0.2) is 0 Å². The van der Waals surface area contributed by atoms with Gasteiger partial charge in [0.2, 0.25) is 0 Å². The molecule has 2 aromatic rings. The number of carbonyl (C=O) groups is 2. The molecule has 28 heavy (non-hydrogen) atoms. The Bertz CT molecular complexity index is 781. The lowest BCUT2D eigenvalue weighted by molar-refractivity contribution is -0.862. The fraction of sp³-hybridized carbons (Fsp3) is 0.263. The fourth-order valence-corrected chi connectivity index (χ4v) is 2.41. The summed E-state index contributed by atoms with van der Waals surface area (Å²) in [4.78, 5) is 24.6. The molecule has 0 fully saturated rings. The van der Waals surface area contributed by atoms with Crippen LogP contribution in [0.25, 0.3) is 0 Å². The van der Waals surface area contributed by atoms with Crippen molar-refractivity contribution in [1.29, 1.82) is 0 Å². The largest absolute Gasteiger partial charge is 0.573 e. The molecule has 2 aromatic carbocycles. The first-order valence-electron chi connectivity index (χ1n) is 8.49. The summed E-state index contributed by atoms with van der Waals surface area (Å²) in [6, 6.07) is 14.3. The molecule has 0 aromatic heterocycles. The van der Waals surface area contributed by atoms with Gasteiger partial charge in [-0.1, -0.05) is 30.3 Å². The number of alkyl halides is 3. The minimum Gasteiger partial charge on any atom is -0.406 e. The van der Waals surface area contributed by atoms with Crippen LogP contribution < -0.4 is 20.3 Å². The van der Waals surface area contributed by atoms with Crippen molar-refractivity contribution in [3.63, 3.8) is 0 Å². The topological polar surface area (TPSA) is 71.9 Å². The molecule has 0 radical (unpaired) electrons. The minimum atomic E-state index is -4.77. The summed E-state index contributed by atoms with van der Waals surface area (Å²) in [7, 11) is 1.70. The van der Waals surface area contributed by atoms with E-state index in [1.165, 1.54) is 12.1 Å². The number of rotatable bonds is 8. The Morgan fingerprint density at radius 3 is 2.18 bits per heavy atom. The van der Waals surface area contributed by atoms with Crippen LogP contribution in [0, 0.1) is 0 Å². The van der Waals surface area contributed by atoms with Gasteiger partial charge in [0.25, 0.3) is 11.8 Å². The molecule has 0 saturated carbocycles. The van der Waals surface area contributed by atoms with E-state index >= 15 is 0 Å². The van der Waals surface area contributed by atoms with Crippen LogP contribution in [0.3, 0.4) is 0 Å². The molecule has 2 amide bonds. The SMILES string of the molecule is C[NH+](CC(=O)NCc1ccccc1)CC(=O)Nc1ccc(OC(F)(F)F)cc1. The van der Waals surface area contributed by atoms with E-state index in [2.05, 4.69) is 15.4 Å². The molecule has 0 spiro atoms. The molecular weight excluding hydrogens is 375 g/mol. The number of carbonyl (C=O) groups excluding carboxylic acids is 2. The molecule has 6 nitrogen and oxygen atoms in total. The summed E-state index contributed by atoms with van der Waals surface area (Å²) >= 11 is 0. The lowest BCUT2D eigenvalue weighted by Crippen LogP contribution is -3.11. The molecule has 2 rings (SSSR count). The number of ether oxygens (including phenoxy) is 1. The van der Waals surface area contributed by atoms with Crippen LogP contribution in [0.2, 0.25) is 0 Å². The highest BCUT2D eigenvalue weighted by atomic mass is 19.4. The zero-order chi connectivity index (χ0) is 20.6. The summed E-state index contributed by atoms with van der Waals surface area (Å²) in [6.07, 6.45) is -4.77. The highest BCUT2D eigenvalue weighted by Crippen LogP contribution is 2.23. The number of hydrogen-bond acceptors (Lipinski definition) is 3. The number of halogens is 3. The van der Waals surface area contributed by atoms with Crippen LogP contribution in [0.15, 0.2) is 54.6 Å². The number of quaternary nitrogens is 1. The third-order valence-electron chi connectivity index (χ3n) is 3.63. The Labute approximate surface area is 160 Å². The molecule has 3 N–H and O–H groups in total. The number of hydrogen-bond donors (Lipinski definition) is 3. The molecular formula is C19H21F3N3O3+. The number of amides is 2. The highest BCUT2D eigenvalue weighted by molar-refractivity contribution is 5.91. The molecule has 1 atom stereocenters. The molecule has 0 saturated heterocycles. The van der Waals surface area contributed by atoms with E-state index in [1.54, 1.807) is 7.05 Å². The van der Waals surface area contributed by atoms with E-state index in [1.807, 2.05) is 30.3 Å². The van der Waals surface area contributed by atoms with E-state index in [9.17, 15) is 22.8 Å². The van der Waals surface area contributed by atoms with Gasteiger partial charge in [-0.2, -0.15) is 0 Å². The number of anilines is 1. The summed E-state index contributed by atoms with van der Waals surface area (Å²) < 4.78 is 40.1. The average Bonchev–Trinajstić information content (AvgIpc) is 2.61.